The second kappa shape index (κ2) is 7.62. The van der Waals surface area contributed by atoms with Crippen molar-refractivity contribution in [3.63, 3.8) is 0 Å². The van der Waals surface area contributed by atoms with Crippen molar-refractivity contribution in [2.24, 2.45) is 5.92 Å². The molecule has 1 nitrogen and oxygen atoms in total. The van der Waals surface area contributed by atoms with E-state index in [1.165, 1.54) is 0 Å². The molecule has 17 heavy (non-hydrogen) atoms. The summed E-state index contributed by atoms with van der Waals surface area (Å²) in [5, 5.41) is 3.34. The first-order valence-electron chi connectivity index (χ1n) is 5.92. The molecule has 94 valence electrons. The quantitative estimate of drug-likeness (QED) is 0.775. The fourth-order valence-electron chi connectivity index (χ4n) is 1.44. The van der Waals surface area contributed by atoms with Crippen molar-refractivity contribution in [1.29, 1.82) is 0 Å². The van der Waals surface area contributed by atoms with Crippen LogP contribution in [0.4, 0.5) is 4.39 Å². The van der Waals surface area contributed by atoms with E-state index in [9.17, 15) is 4.39 Å². The third-order valence-corrected chi connectivity index (χ3v) is 2.93. The Kier molecular flexibility index (Phi) is 6.45. The van der Waals surface area contributed by atoms with Crippen molar-refractivity contribution >= 4 is 22.0 Å². The van der Waals surface area contributed by atoms with Gasteiger partial charge in [-0.25, -0.2) is 4.39 Å². The molecule has 0 saturated heterocycles. The number of nitrogens with one attached hydrogen (secondary N) is 1. The van der Waals surface area contributed by atoms with Gasteiger partial charge in [0.2, 0.25) is 0 Å². The molecular formula is C14H19BrFN. The minimum Gasteiger partial charge on any atom is -0.316 e. The van der Waals surface area contributed by atoms with Gasteiger partial charge in [0.1, 0.15) is 5.82 Å². The molecule has 0 aliphatic carbocycles. The predicted molar refractivity (Wildman–Crippen MR) is 75.5 cm³/mol. The Bertz CT molecular complexity index is 374. The van der Waals surface area contributed by atoms with Crippen molar-refractivity contribution in [2.45, 2.75) is 20.3 Å². The van der Waals surface area contributed by atoms with E-state index in [0.717, 1.165) is 19.5 Å². The lowest BCUT2D eigenvalue weighted by atomic mass is 10.2. The van der Waals surface area contributed by atoms with E-state index < -0.39 is 0 Å². The largest absolute Gasteiger partial charge is 0.316 e. The van der Waals surface area contributed by atoms with Crippen molar-refractivity contribution in [1.82, 2.24) is 5.32 Å². The van der Waals surface area contributed by atoms with E-state index in [1.54, 1.807) is 12.1 Å². The lowest BCUT2D eigenvalue weighted by molar-refractivity contribution is 0.557. The molecule has 1 rings (SSSR count). The third-order valence-electron chi connectivity index (χ3n) is 2.32. The number of halogens is 2. The van der Waals surface area contributed by atoms with Gasteiger partial charge in [0, 0.05) is 5.56 Å². The second-order valence-corrected chi connectivity index (χ2v) is 5.29. The maximum absolute atomic E-state index is 13.6. The highest BCUT2D eigenvalue weighted by atomic mass is 79.9. The average molecular weight is 300 g/mol. The summed E-state index contributed by atoms with van der Waals surface area (Å²) in [5.41, 5.74) is 0.628. The van der Waals surface area contributed by atoms with Crippen LogP contribution < -0.4 is 5.32 Å². The summed E-state index contributed by atoms with van der Waals surface area (Å²) in [6.45, 7) is 6.32. The van der Waals surface area contributed by atoms with Gasteiger partial charge in [-0.05, 0) is 47.4 Å². The summed E-state index contributed by atoms with van der Waals surface area (Å²) in [6, 6.07) is 5.32. The minimum atomic E-state index is -0.195. The highest BCUT2D eigenvalue weighted by Crippen LogP contribution is 2.19. The molecule has 0 atom stereocenters. The third kappa shape index (κ3) is 5.46. The molecule has 0 saturated carbocycles. The zero-order chi connectivity index (χ0) is 12.7. The minimum absolute atomic E-state index is 0.195. The molecule has 0 radical (unpaired) electrons. The smallest absolute Gasteiger partial charge is 0.144 e. The van der Waals surface area contributed by atoms with E-state index in [-0.39, 0.29) is 5.82 Å². The molecule has 0 aliphatic rings. The Morgan fingerprint density at radius 3 is 2.88 bits per heavy atom. The van der Waals surface area contributed by atoms with E-state index in [2.05, 4.69) is 35.1 Å². The van der Waals surface area contributed by atoms with Crippen molar-refractivity contribution < 1.29 is 4.39 Å². The van der Waals surface area contributed by atoms with Crippen molar-refractivity contribution in [3.8, 4) is 0 Å². The maximum atomic E-state index is 13.6. The Morgan fingerprint density at radius 1 is 1.41 bits per heavy atom. The number of hydrogen-bond acceptors (Lipinski definition) is 1. The molecule has 0 aromatic heterocycles. The molecule has 3 heteroatoms. The van der Waals surface area contributed by atoms with Gasteiger partial charge in [-0.15, -0.1) is 0 Å². The Labute approximate surface area is 111 Å². The summed E-state index contributed by atoms with van der Waals surface area (Å²) < 4.78 is 14.1. The van der Waals surface area contributed by atoms with E-state index in [0.29, 0.717) is 16.0 Å². The number of rotatable bonds is 6. The topological polar surface area (TPSA) is 12.0 Å². The second-order valence-electron chi connectivity index (χ2n) is 4.43. The Hall–Kier alpha value is -0.670. The summed E-state index contributed by atoms with van der Waals surface area (Å²) in [7, 11) is 0. The van der Waals surface area contributed by atoms with Crippen molar-refractivity contribution in [2.75, 3.05) is 13.1 Å². The van der Waals surface area contributed by atoms with Gasteiger partial charge < -0.3 is 5.32 Å². The van der Waals surface area contributed by atoms with Crippen molar-refractivity contribution in [3.05, 3.63) is 40.1 Å². The van der Waals surface area contributed by atoms with Gasteiger partial charge >= 0.3 is 0 Å². The standard InChI is InChI=1S/C14H19BrFN/c1-11(2)10-17-9-4-3-6-12-7-5-8-13(15)14(12)16/h3,5-8,11,17H,4,9-10H2,1-2H3/b6-3+. The van der Waals surface area contributed by atoms with Gasteiger partial charge in [-0.3, -0.25) is 0 Å². The predicted octanol–water partition coefficient (Wildman–Crippen LogP) is 4.24. The van der Waals surface area contributed by atoms with Gasteiger partial charge in [-0.1, -0.05) is 38.1 Å². The Balaban J connectivity index is 2.36. The van der Waals surface area contributed by atoms with Crippen LogP contribution >= 0.6 is 15.9 Å². The molecular weight excluding hydrogens is 281 g/mol. The lowest BCUT2D eigenvalue weighted by Crippen LogP contribution is -2.20. The van der Waals surface area contributed by atoms with Crippen LogP contribution in [0.15, 0.2) is 28.7 Å². The van der Waals surface area contributed by atoms with Gasteiger partial charge in [-0.2, -0.15) is 0 Å². The number of benzene rings is 1. The summed E-state index contributed by atoms with van der Waals surface area (Å²) in [4.78, 5) is 0. The van der Waals surface area contributed by atoms with Crippen LogP contribution in [-0.2, 0) is 0 Å². The monoisotopic (exact) mass is 299 g/mol. The van der Waals surface area contributed by atoms with Crippen LogP contribution in [0, 0.1) is 11.7 Å². The van der Waals surface area contributed by atoms with Crippen LogP contribution in [0.3, 0.4) is 0 Å². The maximum Gasteiger partial charge on any atom is 0.144 e. The van der Waals surface area contributed by atoms with Gasteiger partial charge in [0.05, 0.1) is 4.47 Å². The summed E-state index contributed by atoms with van der Waals surface area (Å²) in [5.74, 6) is 0.473. The molecule has 0 heterocycles. The Morgan fingerprint density at radius 2 is 2.18 bits per heavy atom. The van der Waals surface area contributed by atoms with E-state index >= 15 is 0 Å². The number of hydrogen-bond donors (Lipinski definition) is 1. The highest BCUT2D eigenvalue weighted by molar-refractivity contribution is 9.10. The molecule has 0 bridgehead atoms. The zero-order valence-electron chi connectivity index (χ0n) is 10.3. The molecule has 1 aromatic carbocycles. The molecule has 0 amide bonds. The van der Waals surface area contributed by atoms with Crippen LogP contribution in [-0.4, -0.2) is 13.1 Å². The molecule has 0 fully saturated rings. The normalized spacial score (nSPS) is 11.6. The first-order valence-corrected chi connectivity index (χ1v) is 6.72. The fourth-order valence-corrected chi connectivity index (χ4v) is 1.82. The summed E-state index contributed by atoms with van der Waals surface area (Å²) >= 11 is 3.17. The zero-order valence-corrected chi connectivity index (χ0v) is 11.9. The molecule has 1 aromatic rings. The summed E-state index contributed by atoms with van der Waals surface area (Å²) in [6.07, 6.45) is 4.74. The average Bonchev–Trinajstić information content (AvgIpc) is 2.28. The lowest BCUT2D eigenvalue weighted by Gasteiger charge is -2.05. The molecule has 0 aliphatic heterocycles. The van der Waals surface area contributed by atoms with Crippen LogP contribution in [0.5, 0.6) is 0 Å². The van der Waals surface area contributed by atoms with Crippen LogP contribution in [0.2, 0.25) is 0 Å². The van der Waals surface area contributed by atoms with Crippen LogP contribution in [0.25, 0.3) is 6.08 Å². The molecule has 0 spiro atoms. The highest BCUT2D eigenvalue weighted by Gasteiger charge is 2.01. The first-order chi connectivity index (χ1) is 8.11. The molecule has 0 unspecified atom stereocenters. The fraction of sp³-hybridized carbons (Fsp3) is 0.429. The van der Waals surface area contributed by atoms with Gasteiger partial charge in [0.15, 0.2) is 0 Å². The molecule has 1 N–H and O–H groups in total. The van der Waals surface area contributed by atoms with Crippen LogP contribution in [0.1, 0.15) is 25.8 Å². The first kappa shape index (κ1) is 14.4. The van der Waals surface area contributed by atoms with E-state index in [1.807, 2.05) is 18.2 Å². The van der Waals surface area contributed by atoms with E-state index in [4.69, 9.17) is 0 Å². The van der Waals surface area contributed by atoms with Gasteiger partial charge in [0.25, 0.3) is 0 Å². The SMILES string of the molecule is CC(C)CNCC/C=C/c1cccc(Br)c1F.